The summed E-state index contributed by atoms with van der Waals surface area (Å²) in [6, 6.07) is 12.9. The van der Waals surface area contributed by atoms with Gasteiger partial charge in [0.25, 0.3) is 0 Å². The quantitative estimate of drug-likeness (QED) is 0.644. The fraction of sp³-hybridized carbons (Fsp3) is 0.176. The normalized spacial score (nSPS) is 19.3. The van der Waals surface area contributed by atoms with Crippen LogP contribution >= 0.6 is 34.8 Å². The number of hydrogen-bond donors (Lipinski definition) is 2. The van der Waals surface area contributed by atoms with E-state index in [1.165, 1.54) is 0 Å². The van der Waals surface area contributed by atoms with Gasteiger partial charge < -0.3 is 11.1 Å². The predicted octanol–water partition coefficient (Wildman–Crippen LogP) is 4.97. The number of rotatable bonds is 2. The van der Waals surface area contributed by atoms with Gasteiger partial charge in [0.15, 0.2) is 0 Å². The first kappa shape index (κ1) is 16.5. The molecule has 0 saturated carbocycles. The molecule has 3 N–H and O–H groups in total. The largest absolute Gasteiger partial charge is 0.366 e. The van der Waals surface area contributed by atoms with Crippen LogP contribution in [0.15, 0.2) is 42.5 Å². The Morgan fingerprint density at radius 2 is 1.68 bits per heavy atom. The summed E-state index contributed by atoms with van der Waals surface area (Å²) < 4.78 is 1.73. The SMILES string of the molecule is Nc1nc2n(n1)C(c1c(Cl)cccc1Cl)CC(c1ccccc1Cl)N2. The fourth-order valence-electron chi connectivity index (χ4n) is 3.23. The second-order valence-electron chi connectivity index (χ2n) is 5.84. The van der Waals surface area contributed by atoms with Crippen molar-refractivity contribution in [2.45, 2.75) is 18.5 Å². The van der Waals surface area contributed by atoms with Gasteiger partial charge in [-0.1, -0.05) is 59.1 Å². The molecule has 4 rings (SSSR count). The molecule has 1 aliphatic rings. The first-order valence-electron chi connectivity index (χ1n) is 7.71. The monoisotopic (exact) mass is 393 g/mol. The topological polar surface area (TPSA) is 68.8 Å². The number of halogens is 3. The zero-order chi connectivity index (χ0) is 17.6. The van der Waals surface area contributed by atoms with Crippen molar-refractivity contribution >= 4 is 46.7 Å². The number of nitrogen functional groups attached to an aromatic ring is 1. The lowest BCUT2D eigenvalue weighted by Gasteiger charge is -2.32. The Hall–Kier alpha value is -1.95. The Kier molecular flexibility index (Phi) is 4.23. The maximum Gasteiger partial charge on any atom is 0.241 e. The summed E-state index contributed by atoms with van der Waals surface area (Å²) in [5.74, 6) is 0.755. The van der Waals surface area contributed by atoms with Crippen molar-refractivity contribution in [3.63, 3.8) is 0 Å². The molecule has 0 amide bonds. The summed E-state index contributed by atoms with van der Waals surface area (Å²) in [4.78, 5) is 4.28. The highest BCUT2D eigenvalue weighted by Crippen LogP contribution is 2.43. The van der Waals surface area contributed by atoms with Crippen LogP contribution in [0.1, 0.15) is 29.6 Å². The molecular formula is C17H14Cl3N5. The number of nitrogens with one attached hydrogen (secondary N) is 1. The second-order valence-corrected chi connectivity index (χ2v) is 7.07. The number of nitrogens with zero attached hydrogens (tertiary/aromatic N) is 3. The molecule has 2 atom stereocenters. The molecule has 0 spiro atoms. The molecule has 8 heteroatoms. The van der Waals surface area contributed by atoms with E-state index in [1.54, 1.807) is 4.68 Å². The van der Waals surface area contributed by atoms with Crippen LogP contribution in [0.5, 0.6) is 0 Å². The molecule has 0 aliphatic carbocycles. The van der Waals surface area contributed by atoms with Crippen molar-refractivity contribution in [1.82, 2.24) is 14.8 Å². The number of aromatic nitrogens is 3. The van der Waals surface area contributed by atoms with Gasteiger partial charge in [-0.2, -0.15) is 4.98 Å². The van der Waals surface area contributed by atoms with Crippen molar-refractivity contribution in [3.8, 4) is 0 Å². The minimum Gasteiger partial charge on any atom is -0.366 e. The van der Waals surface area contributed by atoms with Crippen LogP contribution in [0.25, 0.3) is 0 Å². The molecule has 0 radical (unpaired) electrons. The third-order valence-electron chi connectivity index (χ3n) is 4.32. The summed E-state index contributed by atoms with van der Waals surface area (Å²) in [5, 5.41) is 9.51. The molecule has 2 unspecified atom stereocenters. The minimum absolute atomic E-state index is 0.0675. The minimum atomic E-state index is -0.205. The van der Waals surface area contributed by atoms with E-state index in [0.29, 0.717) is 27.4 Å². The molecule has 3 aromatic rings. The maximum atomic E-state index is 6.44. The van der Waals surface area contributed by atoms with E-state index < -0.39 is 0 Å². The van der Waals surface area contributed by atoms with Crippen LogP contribution in [-0.4, -0.2) is 14.8 Å². The molecule has 5 nitrogen and oxygen atoms in total. The van der Waals surface area contributed by atoms with E-state index in [0.717, 1.165) is 11.1 Å². The zero-order valence-electron chi connectivity index (χ0n) is 13.0. The van der Waals surface area contributed by atoms with Crippen LogP contribution in [0, 0.1) is 0 Å². The average molecular weight is 395 g/mol. The van der Waals surface area contributed by atoms with Gasteiger partial charge >= 0.3 is 0 Å². The molecule has 0 saturated heterocycles. The standard InChI is InChI=1S/C17H14Cl3N5/c18-10-5-2-1-4-9(10)13-8-14(15-11(19)6-3-7-12(15)20)25-17(22-13)23-16(21)24-25/h1-7,13-14H,8H2,(H3,21,22,23,24). The van der Waals surface area contributed by atoms with Gasteiger partial charge in [-0.05, 0) is 30.2 Å². The van der Waals surface area contributed by atoms with Gasteiger partial charge in [0.05, 0.1) is 12.1 Å². The van der Waals surface area contributed by atoms with Crippen molar-refractivity contribution in [3.05, 3.63) is 68.7 Å². The smallest absolute Gasteiger partial charge is 0.241 e. The molecule has 0 bridgehead atoms. The number of hydrogen-bond acceptors (Lipinski definition) is 4. The molecule has 25 heavy (non-hydrogen) atoms. The van der Waals surface area contributed by atoms with Gasteiger partial charge in [-0.3, -0.25) is 0 Å². The van der Waals surface area contributed by atoms with Crippen LogP contribution in [-0.2, 0) is 0 Å². The van der Waals surface area contributed by atoms with E-state index in [2.05, 4.69) is 15.4 Å². The lowest BCUT2D eigenvalue weighted by molar-refractivity contribution is 0.432. The molecule has 1 aromatic heterocycles. The third-order valence-corrected chi connectivity index (χ3v) is 5.32. The highest BCUT2D eigenvalue weighted by molar-refractivity contribution is 6.36. The Labute approximate surface area is 159 Å². The Bertz CT molecular complexity index is 920. The van der Waals surface area contributed by atoms with Gasteiger partial charge in [0, 0.05) is 20.6 Å². The predicted molar refractivity (Wildman–Crippen MR) is 101 cm³/mol. The molecule has 0 fully saturated rings. The van der Waals surface area contributed by atoms with Crippen molar-refractivity contribution in [2.24, 2.45) is 0 Å². The summed E-state index contributed by atoms with van der Waals surface area (Å²) in [6.07, 6.45) is 0.656. The Morgan fingerprint density at radius 1 is 1.00 bits per heavy atom. The van der Waals surface area contributed by atoms with Crippen LogP contribution in [0.4, 0.5) is 11.9 Å². The van der Waals surface area contributed by atoms with Crippen molar-refractivity contribution < 1.29 is 0 Å². The average Bonchev–Trinajstić information content (AvgIpc) is 2.95. The van der Waals surface area contributed by atoms with Gasteiger partial charge in [-0.25, -0.2) is 4.68 Å². The van der Waals surface area contributed by atoms with Crippen LogP contribution in [0.2, 0.25) is 15.1 Å². The number of nitrogens with two attached hydrogens (primary N) is 1. The lowest BCUT2D eigenvalue weighted by atomic mass is 9.93. The van der Waals surface area contributed by atoms with Gasteiger partial charge in [0.1, 0.15) is 0 Å². The molecule has 2 heterocycles. The van der Waals surface area contributed by atoms with Gasteiger partial charge in [-0.15, -0.1) is 5.10 Å². The van der Waals surface area contributed by atoms with Crippen LogP contribution in [0.3, 0.4) is 0 Å². The summed E-state index contributed by atoms with van der Waals surface area (Å²) in [5.41, 5.74) is 7.59. The van der Waals surface area contributed by atoms with Crippen molar-refractivity contribution in [2.75, 3.05) is 11.1 Å². The highest BCUT2D eigenvalue weighted by atomic mass is 35.5. The third kappa shape index (κ3) is 2.92. The van der Waals surface area contributed by atoms with Crippen LogP contribution < -0.4 is 11.1 Å². The number of benzene rings is 2. The van der Waals surface area contributed by atoms with E-state index in [9.17, 15) is 0 Å². The van der Waals surface area contributed by atoms with E-state index in [1.807, 2.05) is 42.5 Å². The molecular weight excluding hydrogens is 381 g/mol. The first-order valence-corrected chi connectivity index (χ1v) is 8.85. The number of fused-ring (bicyclic) bond motifs is 1. The number of anilines is 2. The summed E-state index contributed by atoms with van der Waals surface area (Å²) in [6.45, 7) is 0. The zero-order valence-corrected chi connectivity index (χ0v) is 15.2. The Balaban J connectivity index is 1.84. The van der Waals surface area contributed by atoms with Crippen molar-refractivity contribution in [1.29, 1.82) is 0 Å². The van der Waals surface area contributed by atoms with Gasteiger partial charge in [0.2, 0.25) is 11.9 Å². The van der Waals surface area contributed by atoms with E-state index in [4.69, 9.17) is 40.5 Å². The maximum absolute atomic E-state index is 6.44. The summed E-state index contributed by atoms with van der Waals surface area (Å²) >= 11 is 19.3. The van der Waals surface area contributed by atoms with E-state index in [-0.39, 0.29) is 18.0 Å². The highest BCUT2D eigenvalue weighted by Gasteiger charge is 2.33. The Morgan fingerprint density at radius 3 is 2.40 bits per heavy atom. The molecule has 128 valence electrons. The summed E-state index contributed by atoms with van der Waals surface area (Å²) in [7, 11) is 0. The fourth-order valence-corrected chi connectivity index (χ4v) is 4.14. The lowest BCUT2D eigenvalue weighted by Crippen LogP contribution is -2.28. The first-order chi connectivity index (χ1) is 12.0. The molecule has 1 aliphatic heterocycles. The second kappa shape index (κ2) is 6.41. The molecule has 2 aromatic carbocycles. The van der Waals surface area contributed by atoms with E-state index >= 15 is 0 Å².